The summed E-state index contributed by atoms with van der Waals surface area (Å²) in [5.41, 5.74) is 1.19. The number of ether oxygens (including phenoxy) is 2. The first-order valence-corrected chi connectivity index (χ1v) is 5.17. The second-order valence-electron chi connectivity index (χ2n) is 3.90. The third kappa shape index (κ3) is 2.90. The van der Waals surface area contributed by atoms with Crippen molar-refractivity contribution in [3.63, 3.8) is 0 Å². The minimum Gasteiger partial charge on any atom is -0.496 e. The molecule has 0 saturated carbocycles. The van der Waals surface area contributed by atoms with Crippen LogP contribution in [0.15, 0.2) is 12.1 Å². The second kappa shape index (κ2) is 5.23. The second-order valence-corrected chi connectivity index (χ2v) is 3.90. The molecular weight excluding hydrogens is 207 g/mol. The van der Waals surface area contributed by atoms with E-state index in [1.54, 1.807) is 19.2 Å². The van der Waals surface area contributed by atoms with Gasteiger partial charge in [-0.15, -0.1) is 0 Å². The predicted molar refractivity (Wildman–Crippen MR) is 63.3 cm³/mol. The summed E-state index contributed by atoms with van der Waals surface area (Å²) in [5.74, 6) is 1.10. The molecule has 4 nitrogen and oxygen atoms in total. The fourth-order valence-electron chi connectivity index (χ4n) is 1.47. The average Bonchev–Trinajstić information content (AvgIpc) is 2.19. The Bertz CT molecular complexity index is 363. The van der Waals surface area contributed by atoms with Gasteiger partial charge in [-0.2, -0.15) is 0 Å². The largest absolute Gasteiger partial charge is 0.496 e. The topological polar surface area (TPSA) is 58.9 Å². The number of rotatable bonds is 4. The minimum absolute atomic E-state index is 0.0371. The van der Waals surface area contributed by atoms with Crippen LogP contribution in [0, 0.1) is 6.92 Å². The summed E-state index contributed by atoms with van der Waals surface area (Å²) in [7, 11) is 0.0228. The molecule has 0 amide bonds. The Kier molecular flexibility index (Phi) is 4.21. The van der Waals surface area contributed by atoms with Crippen molar-refractivity contribution >= 4 is 12.6 Å². The van der Waals surface area contributed by atoms with E-state index in [1.165, 1.54) is 0 Å². The smallest absolute Gasteiger partial charge is 0.492 e. The van der Waals surface area contributed by atoms with E-state index in [2.05, 4.69) is 0 Å². The molecule has 2 N–H and O–H groups in total. The van der Waals surface area contributed by atoms with Crippen molar-refractivity contribution in [2.75, 3.05) is 7.11 Å². The fourth-order valence-corrected chi connectivity index (χ4v) is 1.47. The van der Waals surface area contributed by atoms with E-state index in [0.717, 1.165) is 5.56 Å². The Labute approximate surface area is 96.0 Å². The molecule has 0 atom stereocenters. The van der Waals surface area contributed by atoms with Crippen LogP contribution < -0.4 is 14.9 Å². The molecule has 0 spiro atoms. The van der Waals surface area contributed by atoms with Gasteiger partial charge in [0.1, 0.15) is 11.5 Å². The average molecular weight is 224 g/mol. The van der Waals surface area contributed by atoms with E-state index in [4.69, 9.17) is 9.47 Å². The molecule has 0 aliphatic heterocycles. The molecule has 0 radical (unpaired) electrons. The zero-order valence-corrected chi connectivity index (χ0v) is 10.0. The Morgan fingerprint density at radius 3 is 2.25 bits per heavy atom. The molecule has 0 heterocycles. The van der Waals surface area contributed by atoms with Gasteiger partial charge in [0.2, 0.25) is 0 Å². The first-order valence-electron chi connectivity index (χ1n) is 5.17. The Hall–Kier alpha value is -1.20. The summed E-state index contributed by atoms with van der Waals surface area (Å²) in [6.45, 7) is 5.59. The molecule has 0 aromatic heterocycles. The van der Waals surface area contributed by atoms with Gasteiger partial charge in [0, 0.05) is 11.5 Å². The Morgan fingerprint density at radius 2 is 1.81 bits per heavy atom. The van der Waals surface area contributed by atoms with Gasteiger partial charge in [0.05, 0.1) is 13.2 Å². The molecular formula is C11H17BO4. The molecule has 1 aromatic carbocycles. The van der Waals surface area contributed by atoms with Crippen LogP contribution in [0.1, 0.15) is 19.4 Å². The third-order valence-corrected chi connectivity index (χ3v) is 2.17. The molecule has 0 unspecified atom stereocenters. The highest BCUT2D eigenvalue weighted by Gasteiger charge is 2.20. The van der Waals surface area contributed by atoms with Crippen molar-refractivity contribution in [3.05, 3.63) is 17.7 Å². The van der Waals surface area contributed by atoms with Crippen molar-refractivity contribution < 1.29 is 19.5 Å². The van der Waals surface area contributed by atoms with Crippen molar-refractivity contribution in [3.8, 4) is 11.5 Å². The summed E-state index contributed by atoms with van der Waals surface area (Å²) in [4.78, 5) is 0. The van der Waals surface area contributed by atoms with Crippen LogP contribution in [0.3, 0.4) is 0 Å². The lowest BCUT2D eigenvalue weighted by Crippen LogP contribution is -2.32. The van der Waals surface area contributed by atoms with Gasteiger partial charge in [-0.3, -0.25) is 0 Å². The number of methoxy groups -OCH3 is 1. The molecule has 5 heteroatoms. The molecule has 1 rings (SSSR count). The summed E-state index contributed by atoms with van der Waals surface area (Å²) in [6.07, 6.45) is -0.0371. The van der Waals surface area contributed by atoms with Gasteiger partial charge in [-0.05, 0) is 26.3 Å². The van der Waals surface area contributed by atoms with Crippen LogP contribution in [0.4, 0.5) is 0 Å². The van der Waals surface area contributed by atoms with Crippen LogP contribution in [0.25, 0.3) is 0 Å². The van der Waals surface area contributed by atoms with E-state index in [1.807, 2.05) is 20.8 Å². The standard InChI is InChI=1S/C11H17BO4/c1-7(2)16-11-6-10(15-4)8(3)5-9(11)12(13)14/h5-7,13-14H,1-4H3. The summed E-state index contributed by atoms with van der Waals surface area (Å²) in [6, 6.07) is 3.32. The van der Waals surface area contributed by atoms with Crippen molar-refractivity contribution in [1.82, 2.24) is 0 Å². The predicted octanol–water partition coefficient (Wildman–Crippen LogP) is 0.471. The van der Waals surface area contributed by atoms with Crippen molar-refractivity contribution in [2.24, 2.45) is 0 Å². The van der Waals surface area contributed by atoms with Crippen LogP contribution in [-0.2, 0) is 0 Å². The molecule has 1 aromatic rings. The third-order valence-electron chi connectivity index (χ3n) is 2.17. The molecule has 0 aliphatic rings. The monoisotopic (exact) mass is 224 g/mol. The minimum atomic E-state index is -1.54. The van der Waals surface area contributed by atoms with Crippen LogP contribution in [0.2, 0.25) is 0 Å². The van der Waals surface area contributed by atoms with Gasteiger partial charge in [0.15, 0.2) is 0 Å². The Morgan fingerprint density at radius 1 is 1.19 bits per heavy atom. The van der Waals surface area contributed by atoms with Gasteiger partial charge >= 0.3 is 7.12 Å². The maximum Gasteiger partial charge on any atom is 0.492 e. The van der Waals surface area contributed by atoms with E-state index >= 15 is 0 Å². The van der Waals surface area contributed by atoms with Gasteiger partial charge in [-0.25, -0.2) is 0 Å². The maximum absolute atomic E-state index is 9.24. The van der Waals surface area contributed by atoms with E-state index in [0.29, 0.717) is 17.0 Å². The molecule has 0 fully saturated rings. The number of aryl methyl sites for hydroxylation is 1. The number of hydrogen-bond acceptors (Lipinski definition) is 4. The zero-order chi connectivity index (χ0) is 12.3. The van der Waals surface area contributed by atoms with Gasteiger partial charge in [-0.1, -0.05) is 6.07 Å². The number of hydrogen-bond donors (Lipinski definition) is 2. The zero-order valence-electron chi connectivity index (χ0n) is 10.0. The maximum atomic E-state index is 9.24. The van der Waals surface area contributed by atoms with Crippen molar-refractivity contribution in [2.45, 2.75) is 26.9 Å². The molecule has 16 heavy (non-hydrogen) atoms. The van der Waals surface area contributed by atoms with E-state index in [9.17, 15) is 10.0 Å². The normalized spacial score (nSPS) is 10.4. The SMILES string of the molecule is COc1cc(OC(C)C)c(B(O)O)cc1C. The lowest BCUT2D eigenvalue weighted by Gasteiger charge is -2.16. The Balaban J connectivity index is 3.19. The first-order chi connectivity index (χ1) is 7.45. The van der Waals surface area contributed by atoms with Crippen LogP contribution in [-0.4, -0.2) is 30.4 Å². The lowest BCUT2D eigenvalue weighted by atomic mass is 9.78. The van der Waals surface area contributed by atoms with Crippen LogP contribution in [0.5, 0.6) is 11.5 Å². The summed E-state index contributed by atoms with van der Waals surface area (Å²) >= 11 is 0. The van der Waals surface area contributed by atoms with E-state index < -0.39 is 7.12 Å². The van der Waals surface area contributed by atoms with Gasteiger partial charge < -0.3 is 19.5 Å². The lowest BCUT2D eigenvalue weighted by molar-refractivity contribution is 0.242. The molecule has 0 saturated heterocycles. The first kappa shape index (κ1) is 12.9. The molecule has 0 aliphatic carbocycles. The van der Waals surface area contributed by atoms with Crippen molar-refractivity contribution in [1.29, 1.82) is 0 Å². The molecule has 0 bridgehead atoms. The highest BCUT2D eigenvalue weighted by Crippen LogP contribution is 2.23. The highest BCUT2D eigenvalue weighted by atomic mass is 16.5. The summed E-state index contributed by atoms with van der Waals surface area (Å²) < 4.78 is 10.7. The van der Waals surface area contributed by atoms with Crippen LogP contribution >= 0.6 is 0 Å². The highest BCUT2D eigenvalue weighted by molar-refractivity contribution is 6.59. The quantitative estimate of drug-likeness (QED) is 0.730. The number of benzene rings is 1. The fraction of sp³-hybridized carbons (Fsp3) is 0.455. The molecule has 88 valence electrons. The summed E-state index contributed by atoms with van der Waals surface area (Å²) in [5, 5.41) is 18.5. The van der Waals surface area contributed by atoms with Gasteiger partial charge in [0.25, 0.3) is 0 Å². The van der Waals surface area contributed by atoms with E-state index in [-0.39, 0.29) is 6.10 Å².